The molecule has 2 aromatic carbocycles. The zero-order chi connectivity index (χ0) is 15.2. The minimum absolute atomic E-state index is 0.205. The molecule has 0 radical (unpaired) electrons. The molecule has 0 amide bonds. The Hall–Kier alpha value is -1.72. The lowest BCUT2D eigenvalue weighted by molar-refractivity contribution is 0.0696. The third-order valence-electron chi connectivity index (χ3n) is 2.70. The van der Waals surface area contributed by atoms with Gasteiger partial charge in [0.15, 0.2) is 0 Å². The van der Waals surface area contributed by atoms with E-state index in [9.17, 15) is 4.79 Å². The van der Waals surface area contributed by atoms with Crippen LogP contribution in [0, 0.1) is 0 Å². The summed E-state index contributed by atoms with van der Waals surface area (Å²) in [7, 11) is 0. The van der Waals surface area contributed by atoms with Gasteiger partial charge in [-0.3, -0.25) is 0 Å². The Morgan fingerprint density at radius 2 is 2.10 bits per heavy atom. The van der Waals surface area contributed by atoms with Gasteiger partial charge in [-0.15, -0.1) is 0 Å². The number of anilines is 1. The van der Waals surface area contributed by atoms with E-state index in [1.165, 1.54) is 12.1 Å². The van der Waals surface area contributed by atoms with E-state index >= 15 is 0 Å². The Morgan fingerprint density at radius 3 is 2.81 bits per heavy atom. The summed E-state index contributed by atoms with van der Waals surface area (Å²) in [5, 5.41) is 12.7. The number of nitrogens with one attached hydrogen (secondary N) is 1. The van der Waals surface area contributed by atoms with Gasteiger partial charge in [-0.1, -0.05) is 33.6 Å². The predicted octanol–water partition coefficient (Wildman–Crippen LogP) is 4.29. The number of ether oxygens (including phenoxy) is 1. The fourth-order valence-corrected chi connectivity index (χ4v) is 2.45. The van der Waals surface area contributed by atoms with E-state index in [-0.39, 0.29) is 5.56 Å². The molecule has 0 aromatic heterocycles. The molecule has 2 aromatic rings. The number of hydrogen-bond donors (Lipinski definition) is 2. The average Bonchev–Trinajstić information content (AvgIpc) is 2.45. The summed E-state index contributed by atoms with van der Waals surface area (Å²) in [6.45, 7) is 0.952. The molecule has 0 bridgehead atoms. The van der Waals surface area contributed by atoms with E-state index in [0.29, 0.717) is 23.9 Å². The average molecular weight is 371 g/mol. The van der Waals surface area contributed by atoms with Crippen molar-refractivity contribution in [2.45, 2.75) is 0 Å². The van der Waals surface area contributed by atoms with Crippen LogP contribution in [0.2, 0.25) is 5.02 Å². The molecule has 110 valence electrons. The van der Waals surface area contributed by atoms with E-state index in [4.69, 9.17) is 21.4 Å². The summed E-state index contributed by atoms with van der Waals surface area (Å²) < 4.78 is 6.42. The fraction of sp³-hybridized carbons (Fsp3) is 0.133. The highest BCUT2D eigenvalue weighted by atomic mass is 79.9. The van der Waals surface area contributed by atoms with Crippen LogP contribution in [0.5, 0.6) is 5.75 Å². The molecule has 0 spiro atoms. The van der Waals surface area contributed by atoms with Crippen molar-refractivity contribution in [3.63, 3.8) is 0 Å². The van der Waals surface area contributed by atoms with E-state index in [1.54, 1.807) is 18.2 Å². The van der Waals surface area contributed by atoms with Gasteiger partial charge in [-0.2, -0.15) is 0 Å². The molecule has 0 atom stereocenters. The van der Waals surface area contributed by atoms with Crippen molar-refractivity contribution in [1.82, 2.24) is 0 Å². The van der Waals surface area contributed by atoms with Gasteiger partial charge in [-0.05, 0) is 36.4 Å². The molecule has 0 saturated heterocycles. The Morgan fingerprint density at radius 1 is 1.29 bits per heavy atom. The van der Waals surface area contributed by atoms with Gasteiger partial charge >= 0.3 is 5.97 Å². The van der Waals surface area contributed by atoms with Gasteiger partial charge in [0.1, 0.15) is 12.4 Å². The van der Waals surface area contributed by atoms with Crippen LogP contribution < -0.4 is 10.1 Å². The van der Waals surface area contributed by atoms with Gasteiger partial charge < -0.3 is 15.2 Å². The van der Waals surface area contributed by atoms with Crippen LogP contribution in [-0.2, 0) is 0 Å². The van der Waals surface area contributed by atoms with Gasteiger partial charge in [0.05, 0.1) is 16.3 Å². The topological polar surface area (TPSA) is 58.6 Å². The van der Waals surface area contributed by atoms with Gasteiger partial charge in [0.2, 0.25) is 0 Å². The van der Waals surface area contributed by atoms with Crippen LogP contribution in [-0.4, -0.2) is 24.2 Å². The maximum Gasteiger partial charge on any atom is 0.335 e. The number of aromatic carboxylic acids is 1. The first kappa shape index (κ1) is 15.7. The van der Waals surface area contributed by atoms with E-state index in [2.05, 4.69) is 21.2 Å². The molecule has 21 heavy (non-hydrogen) atoms. The van der Waals surface area contributed by atoms with Gasteiger partial charge in [-0.25, -0.2) is 4.79 Å². The normalized spacial score (nSPS) is 10.2. The quantitative estimate of drug-likeness (QED) is 0.745. The van der Waals surface area contributed by atoms with Crippen molar-refractivity contribution in [1.29, 1.82) is 0 Å². The predicted molar refractivity (Wildman–Crippen MR) is 86.5 cm³/mol. The minimum Gasteiger partial charge on any atom is -0.492 e. The van der Waals surface area contributed by atoms with Crippen molar-refractivity contribution < 1.29 is 14.6 Å². The van der Waals surface area contributed by atoms with E-state index in [1.807, 2.05) is 12.1 Å². The van der Waals surface area contributed by atoms with Crippen molar-refractivity contribution in [3.05, 3.63) is 57.5 Å². The molecule has 0 fully saturated rings. The molecule has 0 unspecified atom stereocenters. The Kier molecular flexibility index (Phi) is 5.47. The SMILES string of the molecule is O=C(O)c1cccc(OCCNc2ccc(Br)cc2Cl)c1. The second-order valence-corrected chi connectivity index (χ2v) is 5.56. The van der Waals surface area contributed by atoms with Gasteiger partial charge in [0.25, 0.3) is 0 Å². The van der Waals surface area contributed by atoms with Crippen LogP contribution in [0.1, 0.15) is 10.4 Å². The zero-order valence-electron chi connectivity index (χ0n) is 11.0. The van der Waals surface area contributed by atoms with Crippen LogP contribution in [0.4, 0.5) is 5.69 Å². The lowest BCUT2D eigenvalue weighted by Gasteiger charge is -2.10. The molecule has 2 N–H and O–H groups in total. The van der Waals surface area contributed by atoms with Crippen molar-refractivity contribution >= 4 is 39.2 Å². The molecule has 2 rings (SSSR count). The highest BCUT2D eigenvalue weighted by Gasteiger charge is 2.04. The van der Waals surface area contributed by atoms with Crippen LogP contribution in [0.3, 0.4) is 0 Å². The molecule has 0 aliphatic heterocycles. The minimum atomic E-state index is -0.972. The van der Waals surface area contributed by atoms with Gasteiger partial charge in [0, 0.05) is 11.0 Å². The van der Waals surface area contributed by atoms with Crippen LogP contribution >= 0.6 is 27.5 Å². The summed E-state index contributed by atoms with van der Waals surface area (Å²) in [4.78, 5) is 10.8. The molecule has 0 heterocycles. The second-order valence-electron chi connectivity index (χ2n) is 4.23. The van der Waals surface area contributed by atoms with Crippen molar-refractivity contribution in [2.75, 3.05) is 18.5 Å². The third-order valence-corrected chi connectivity index (χ3v) is 3.50. The molecule has 0 saturated carbocycles. The molecule has 0 aliphatic carbocycles. The molecule has 4 nitrogen and oxygen atoms in total. The smallest absolute Gasteiger partial charge is 0.335 e. The molecular weight excluding hydrogens is 358 g/mol. The Labute approximate surface area is 135 Å². The fourth-order valence-electron chi connectivity index (χ4n) is 1.71. The summed E-state index contributed by atoms with van der Waals surface area (Å²) in [5.74, 6) is -0.446. The van der Waals surface area contributed by atoms with Crippen LogP contribution in [0.25, 0.3) is 0 Å². The highest BCUT2D eigenvalue weighted by Crippen LogP contribution is 2.25. The third kappa shape index (κ3) is 4.65. The first-order valence-electron chi connectivity index (χ1n) is 6.21. The number of carbonyl (C=O) groups is 1. The number of benzene rings is 2. The second kappa shape index (κ2) is 7.33. The highest BCUT2D eigenvalue weighted by molar-refractivity contribution is 9.10. The summed E-state index contributed by atoms with van der Waals surface area (Å²) >= 11 is 9.42. The molecular formula is C15H13BrClNO3. The molecule has 6 heteroatoms. The Balaban J connectivity index is 1.84. The number of hydrogen-bond acceptors (Lipinski definition) is 3. The van der Waals surface area contributed by atoms with Crippen molar-refractivity contribution in [3.8, 4) is 5.75 Å². The van der Waals surface area contributed by atoms with Crippen LogP contribution in [0.15, 0.2) is 46.9 Å². The number of carboxylic acids is 1. The maximum absolute atomic E-state index is 10.8. The zero-order valence-corrected chi connectivity index (χ0v) is 13.3. The summed E-state index contributed by atoms with van der Waals surface area (Å²) in [6, 6.07) is 12.0. The molecule has 0 aliphatic rings. The lowest BCUT2D eigenvalue weighted by atomic mass is 10.2. The number of rotatable bonds is 6. The largest absolute Gasteiger partial charge is 0.492 e. The number of halogens is 2. The first-order valence-corrected chi connectivity index (χ1v) is 7.38. The van der Waals surface area contributed by atoms with Crippen molar-refractivity contribution in [2.24, 2.45) is 0 Å². The lowest BCUT2D eigenvalue weighted by Crippen LogP contribution is -2.12. The van der Waals surface area contributed by atoms with E-state index < -0.39 is 5.97 Å². The monoisotopic (exact) mass is 369 g/mol. The maximum atomic E-state index is 10.8. The number of carboxylic acid groups (broad SMARTS) is 1. The summed E-state index contributed by atoms with van der Waals surface area (Å²) in [6.07, 6.45) is 0. The first-order chi connectivity index (χ1) is 10.1. The van der Waals surface area contributed by atoms with E-state index in [0.717, 1.165) is 10.2 Å². The standard InChI is InChI=1S/C15H13BrClNO3/c16-11-4-5-14(13(17)9-11)18-6-7-21-12-3-1-2-10(8-12)15(19)20/h1-5,8-9,18H,6-7H2,(H,19,20). The Bertz CT molecular complexity index is 649. The summed E-state index contributed by atoms with van der Waals surface area (Å²) in [5.41, 5.74) is 1.03.